The molecule has 0 amide bonds. The number of aryl methyl sites for hydroxylation is 1. The number of fused-ring (bicyclic) bond motifs is 1. The van der Waals surface area contributed by atoms with Gasteiger partial charge in [0, 0.05) is 30.5 Å². The minimum Gasteiger partial charge on any atom is -0.324 e. The molecule has 9 heteroatoms. The average molecular weight is 372 g/mol. The van der Waals surface area contributed by atoms with Gasteiger partial charge in [-0.25, -0.2) is 19.9 Å². The summed E-state index contributed by atoms with van der Waals surface area (Å²) in [5.74, 6) is 0.941. The van der Waals surface area contributed by atoms with E-state index in [1.165, 1.54) is 18.3 Å². The Balaban J connectivity index is 1.74. The third-order valence-corrected chi connectivity index (χ3v) is 4.22. The SMILES string of the molecule is CCc1c(Cn2ccnc2-c2cccc(C(F)(F)F)n2)nc2ncccn12. The van der Waals surface area contributed by atoms with E-state index < -0.39 is 11.9 Å². The number of hydrogen-bond donors (Lipinski definition) is 0. The van der Waals surface area contributed by atoms with Gasteiger partial charge in [-0.3, -0.25) is 4.40 Å². The second-order valence-corrected chi connectivity index (χ2v) is 5.93. The molecule has 0 bridgehead atoms. The maximum absolute atomic E-state index is 13.0. The highest BCUT2D eigenvalue weighted by molar-refractivity contribution is 5.50. The van der Waals surface area contributed by atoms with Crippen LogP contribution in [0.25, 0.3) is 17.3 Å². The molecule has 4 heterocycles. The van der Waals surface area contributed by atoms with E-state index in [4.69, 9.17) is 0 Å². The Morgan fingerprint density at radius 2 is 1.85 bits per heavy atom. The summed E-state index contributed by atoms with van der Waals surface area (Å²) in [6.45, 7) is 2.38. The van der Waals surface area contributed by atoms with E-state index in [9.17, 15) is 13.2 Å². The molecule has 6 nitrogen and oxygen atoms in total. The summed E-state index contributed by atoms with van der Waals surface area (Å²) in [6, 6.07) is 5.61. The summed E-state index contributed by atoms with van der Waals surface area (Å²) >= 11 is 0. The molecule has 0 unspecified atom stereocenters. The number of hydrogen-bond acceptors (Lipinski definition) is 4. The molecule has 0 atom stereocenters. The normalized spacial score (nSPS) is 12.0. The zero-order chi connectivity index (χ0) is 19.0. The van der Waals surface area contributed by atoms with Crippen LogP contribution in [0.1, 0.15) is 24.0 Å². The van der Waals surface area contributed by atoms with Crippen LogP contribution < -0.4 is 0 Å². The van der Waals surface area contributed by atoms with E-state index >= 15 is 0 Å². The van der Waals surface area contributed by atoms with Crippen LogP contribution in [0.3, 0.4) is 0 Å². The van der Waals surface area contributed by atoms with Crippen molar-refractivity contribution in [3.8, 4) is 11.5 Å². The van der Waals surface area contributed by atoms with Crippen molar-refractivity contribution in [2.45, 2.75) is 26.1 Å². The second kappa shape index (κ2) is 6.49. The van der Waals surface area contributed by atoms with Gasteiger partial charge in [0.15, 0.2) is 5.82 Å². The smallest absolute Gasteiger partial charge is 0.324 e. The highest BCUT2D eigenvalue weighted by Crippen LogP contribution is 2.29. The third kappa shape index (κ3) is 3.16. The maximum Gasteiger partial charge on any atom is 0.433 e. The van der Waals surface area contributed by atoms with Gasteiger partial charge in [-0.2, -0.15) is 13.2 Å². The van der Waals surface area contributed by atoms with E-state index in [1.54, 1.807) is 17.0 Å². The molecule has 0 aromatic carbocycles. The van der Waals surface area contributed by atoms with Crippen LogP contribution in [0.5, 0.6) is 0 Å². The van der Waals surface area contributed by atoms with Gasteiger partial charge in [0.25, 0.3) is 0 Å². The lowest BCUT2D eigenvalue weighted by Gasteiger charge is -2.10. The molecule has 0 fully saturated rings. The van der Waals surface area contributed by atoms with Gasteiger partial charge >= 0.3 is 6.18 Å². The van der Waals surface area contributed by atoms with Crippen LogP contribution in [-0.2, 0) is 19.1 Å². The Kier molecular flexibility index (Phi) is 4.14. The molecule has 4 aromatic heterocycles. The summed E-state index contributed by atoms with van der Waals surface area (Å²) in [5, 5.41) is 0. The van der Waals surface area contributed by atoms with Gasteiger partial charge in [-0.15, -0.1) is 0 Å². The van der Waals surface area contributed by atoms with Gasteiger partial charge in [0.05, 0.1) is 12.2 Å². The van der Waals surface area contributed by atoms with Crippen molar-refractivity contribution in [3.63, 3.8) is 0 Å². The summed E-state index contributed by atoms with van der Waals surface area (Å²) in [6.07, 6.45) is 3.04. The van der Waals surface area contributed by atoms with E-state index in [2.05, 4.69) is 19.9 Å². The van der Waals surface area contributed by atoms with Gasteiger partial charge < -0.3 is 4.57 Å². The fraction of sp³-hybridized carbons (Fsp3) is 0.222. The monoisotopic (exact) mass is 372 g/mol. The Hall–Kier alpha value is -3.23. The molecule has 0 aliphatic carbocycles. The van der Waals surface area contributed by atoms with Crippen LogP contribution in [0.4, 0.5) is 13.2 Å². The summed E-state index contributed by atoms with van der Waals surface area (Å²) in [5.41, 5.74) is 1.01. The lowest BCUT2D eigenvalue weighted by Crippen LogP contribution is -2.10. The van der Waals surface area contributed by atoms with Crippen LogP contribution in [-0.4, -0.2) is 28.9 Å². The zero-order valence-electron chi connectivity index (χ0n) is 14.4. The minimum absolute atomic E-state index is 0.162. The van der Waals surface area contributed by atoms with Crippen molar-refractivity contribution in [2.24, 2.45) is 0 Å². The maximum atomic E-state index is 13.0. The standard InChI is InChI=1S/C18H15F3N6/c1-2-14-13(25-17-23-7-4-9-27(14)17)11-26-10-8-22-16(26)12-5-3-6-15(24-12)18(19,20)21/h3-10H,2,11H2,1H3. The van der Waals surface area contributed by atoms with E-state index in [-0.39, 0.29) is 5.69 Å². The zero-order valence-corrected chi connectivity index (χ0v) is 14.4. The fourth-order valence-electron chi connectivity index (χ4n) is 3.03. The molecule has 0 saturated heterocycles. The molecular weight excluding hydrogens is 357 g/mol. The molecule has 138 valence electrons. The molecule has 0 saturated carbocycles. The molecule has 0 spiro atoms. The first-order chi connectivity index (χ1) is 13.0. The molecule has 27 heavy (non-hydrogen) atoms. The van der Waals surface area contributed by atoms with Crippen molar-refractivity contribution >= 4 is 5.78 Å². The first-order valence-electron chi connectivity index (χ1n) is 8.34. The van der Waals surface area contributed by atoms with Crippen LogP contribution in [0, 0.1) is 0 Å². The molecule has 0 aliphatic heterocycles. The quantitative estimate of drug-likeness (QED) is 0.549. The highest BCUT2D eigenvalue weighted by atomic mass is 19.4. The van der Waals surface area contributed by atoms with Crippen LogP contribution in [0.2, 0.25) is 0 Å². The number of nitrogens with zero attached hydrogens (tertiary/aromatic N) is 6. The van der Waals surface area contributed by atoms with Crippen molar-refractivity contribution in [1.29, 1.82) is 0 Å². The molecule has 4 aromatic rings. The summed E-state index contributed by atoms with van der Waals surface area (Å²) in [4.78, 5) is 16.7. The predicted octanol–water partition coefficient (Wildman–Crippen LogP) is 3.62. The third-order valence-electron chi connectivity index (χ3n) is 4.22. The molecule has 0 N–H and O–H groups in total. The molecule has 0 aliphatic rings. The van der Waals surface area contributed by atoms with Gasteiger partial charge in [0.1, 0.15) is 11.4 Å². The fourth-order valence-corrected chi connectivity index (χ4v) is 3.03. The number of halogens is 3. The Labute approximate surface area is 152 Å². The van der Waals surface area contributed by atoms with Crippen molar-refractivity contribution in [2.75, 3.05) is 0 Å². The van der Waals surface area contributed by atoms with Crippen molar-refractivity contribution < 1.29 is 13.2 Å². The number of aromatic nitrogens is 6. The average Bonchev–Trinajstić information content (AvgIpc) is 3.25. The van der Waals surface area contributed by atoms with E-state index in [1.807, 2.05) is 23.6 Å². The summed E-state index contributed by atoms with van der Waals surface area (Å²) in [7, 11) is 0. The van der Waals surface area contributed by atoms with Crippen molar-refractivity contribution in [3.05, 3.63) is 66.1 Å². The molecule has 0 radical (unpaired) electrons. The first-order valence-corrected chi connectivity index (χ1v) is 8.34. The molecule has 4 rings (SSSR count). The van der Waals surface area contributed by atoms with E-state index in [0.717, 1.165) is 23.9 Å². The molecular formula is C18H15F3N6. The minimum atomic E-state index is -4.50. The highest BCUT2D eigenvalue weighted by Gasteiger charge is 2.32. The Bertz CT molecular complexity index is 1100. The largest absolute Gasteiger partial charge is 0.433 e. The number of imidazole rings is 2. The van der Waals surface area contributed by atoms with E-state index in [0.29, 0.717) is 18.1 Å². The van der Waals surface area contributed by atoms with Gasteiger partial charge in [-0.05, 0) is 24.6 Å². The number of pyridine rings is 1. The van der Waals surface area contributed by atoms with Crippen LogP contribution in [0.15, 0.2) is 49.1 Å². The number of rotatable bonds is 4. The lowest BCUT2D eigenvalue weighted by molar-refractivity contribution is -0.141. The Morgan fingerprint density at radius 1 is 1.00 bits per heavy atom. The van der Waals surface area contributed by atoms with Crippen LogP contribution >= 0.6 is 0 Å². The number of alkyl halides is 3. The topological polar surface area (TPSA) is 60.9 Å². The predicted molar refractivity (Wildman–Crippen MR) is 91.9 cm³/mol. The second-order valence-electron chi connectivity index (χ2n) is 5.93. The van der Waals surface area contributed by atoms with Gasteiger partial charge in [0.2, 0.25) is 5.78 Å². The van der Waals surface area contributed by atoms with Gasteiger partial charge in [-0.1, -0.05) is 13.0 Å². The Morgan fingerprint density at radius 3 is 2.63 bits per heavy atom. The lowest BCUT2D eigenvalue weighted by atomic mass is 10.2. The van der Waals surface area contributed by atoms with Crippen molar-refractivity contribution in [1.82, 2.24) is 28.9 Å². The first kappa shape index (κ1) is 17.2. The summed E-state index contributed by atoms with van der Waals surface area (Å²) < 4.78 is 42.5.